The molecule has 0 aliphatic carbocycles. The zero-order valence-corrected chi connectivity index (χ0v) is 9.75. The highest BCUT2D eigenvalue weighted by atomic mass is 32.2. The summed E-state index contributed by atoms with van der Waals surface area (Å²) < 4.78 is 0. The molecule has 0 aromatic rings. The van der Waals surface area contributed by atoms with E-state index in [1.54, 1.807) is 6.92 Å². The Bertz CT molecular complexity index is 335. The number of hydrogen-bond donors (Lipinski definition) is 1. The molecule has 0 unspecified atom stereocenters. The van der Waals surface area contributed by atoms with Gasteiger partial charge in [-0.05, 0) is 6.42 Å². The maximum atomic E-state index is 11.4. The molecule has 1 fully saturated rings. The van der Waals surface area contributed by atoms with Crippen LogP contribution >= 0.6 is 11.8 Å². The molecule has 0 bridgehead atoms. The molecule has 1 heterocycles. The SMILES string of the molecule is CCC(=CCN1C(=O)CCSC1=O)C(=O)O. The maximum Gasteiger partial charge on any atom is 0.331 e. The van der Waals surface area contributed by atoms with Crippen LogP contribution in [0, 0.1) is 0 Å². The predicted molar refractivity (Wildman–Crippen MR) is 60.2 cm³/mol. The number of hydrogen-bond acceptors (Lipinski definition) is 4. The van der Waals surface area contributed by atoms with E-state index in [1.165, 1.54) is 6.08 Å². The Labute approximate surface area is 97.5 Å². The first-order valence-electron chi connectivity index (χ1n) is 4.95. The van der Waals surface area contributed by atoms with Crippen molar-refractivity contribution in [3.05, 3.63) is 11.6 Å². The topological polar surface area (TPSA) is 74.7 Å². The lowest BCUT2D eigenvalue weighted by Crippen LogP contribution is -2.38. The number of thioether (sulfide) groups is 1. The summed E-state index contributed by atoms with van der Waals surface area (Å²) in [5, 5.41) is 8.47. The summed E-state index contributed by atoms with van der Waals surface area (Å²) in [4.78, 5) is 34.6. The summed E-state index contributed by atoms with van der Waals surface area (Å²) in [6, 6.07) is 0. The zero-order valence-electron chi connectivity index (χ0n) is 8.93. The second-order valence-corrected chi connectivity index (χ2v) is 4.30. The first-order valence-corrected chi connectivity index (χ1v) is 5.94. The second-order valence-electron chi connectivity index (χ2n) is 3.26. The van der Waals surface area contributed by atoms with Crippen molar-refractivity contribution in [2.75, 3.05) is 12.3 Å². The van der Waals surface area contributed by atoms with E-state index in [0.29, 0.717) is 18.6 Å². The lowest BCUT2D eigenvalue weighted by Gasteiger charge is -2.22. The largest absolute Gasteiger partial charge is 0.478 e. The molecule has 2 amide bonds. The van der Waals surface area contributed by atoms with Crippen LogP contribution in [-0.2, 0) is 9.59 Å². The molecule has 6 heteroatoms. The number of amides is 2. The summed E-state index contributed by atoms with van der Waals surface area (Å²) in [6.45, 7) is 1.77. The quantitative estimate of drug-likeness (QED) is 0.757. The molecular formula is C10H13NO4S. The lowest BCUT2D eigenvalue weighted by molar-refractivity contribution is -0.133. The van der Waals surface area contributed by atoms with Crippen molar-refractivity contribution in [3.63, 3.8) is 0 Å². The molecule has 1 saturated heterocycles. The van der Waals surface area contributed by atoms with Gasteiger partial charge in [0.25, 0.3) is 5.24 Å². The molecule has 0 radical (unpaired) electrons. The van der Waals surface area contributed by atoms with Gasteiger partial charge in [0.1, 0.15) is 0 Å². The van der Waals surface area contributed by atoms with E-state index >= 15 is 0 Å². The van der Waals surface area contributed by atoms with Crippen molar-refractivity contribution in [3.8, 4) is 0 Å². The summed E-state index contributed by atoms with van der Waals surface area (Å²) in [7, 11) is 0. The smallest absolute Gasteiger partial charge is 0.331 e. The third-order valence-corrected chi connectivity index (χ3v) is 3.11. The van der Waals surface area contributed by atoms with Crippen molar-refractivity contribution >= 4 is 28.9 Å². The lowest BCUT2D eigenvalue weighted by atomic mass is 10.2. The van der Waals surface area contributed by atoms with E-state index in [9.17, 15) is 14.4 Å². The minimum absolute atomic E-state index is 0.0557. The Balaban J connectivity index is 2.68. The molecule has 1 rings (SSSR count). The maximum absolute atomic E-state index is 11.4. The van der Waals surface area contributed by atoms with Gasteiger partial charge in [-0.2, -0.15) is 0 Å². The fourth-order valence-corrected chi connectivity index (χ4v) is 2.08. The molecule has 0 saturated carbocycles. The van der Waals surface area contributed by atoms with E-state index in [-0.39, 0.29) is 23.3 Å². The minimum atomic E-state index is -1.01. The van der Waals surface area contributed by atoms with Gasteiger partial charge in [0.05, 0.1) is 0 Å². The number of carboxylic acids is 1. The molecule has 16 heavy (non-hydrogen) atoms. The second kappa shape index (κ2) is 5.69. The van der Waals surface area contributed by atoms with Crippen molar-refractivity contribution in [2.45, 2.75) is 19.8 Å². The Morgan fingerprint density at radius 3 is 2.75 bits per heavy atom. The predicted octanol–water partition coefficient (Wildman–Crippen LogP) is 1.49. The van der Waals surface area contributed by atoms with Crippen LogP contribution < -0.4 is 0 Å². The average Bonchev–Trinajstić information content (AvgIpc) is 2.22. The van der Waals surface area contributed by atoms with Gasteiger partial charge >= 0.3 is 5.97 Å². The molecule has 0 atom stereocenters. The first-order chi connectivity index (χ1) is 7.56. The number of imide groups is 1. The number of nitrogens with zero attached hydrogens (tertiary/aromatic N) is 1. The van der Waals surface area contributed by atoms with Gasteiger partial charge in [0.2, 0.25) is 5.91 Å². The van der Waals surface area contributed by atoms with Gasteiger partial charge in [-0.15, -0.1) is 0 Å². The summed E-state index contributed by atoms with van der Waals surface area (Å²) in [5.41, 5.74) is 0.219. The van der Waals surface area contributed by atoms with E-state index in [2.05, 4.69) is 0 Å². The van der Waals surface area contributed by atoms with Gasteiger partial charge in [-0.25, -0.2) is 4.79 Å². The standard InChI is InChI=1S/C10H13NO4S/c1-2-7(9(13)14)3-5-11-8(12)4-6-16-10(11)15/h3H,2,4-6H2,1H3,(H,13,14). The Kier molecular flexibility index (Phi) is 4.54. The van der Waals surface area contributed by atoms with Crippen LogP contribution in [0.25, 0.3) is 0 Å². The molecular weight excluding hydrogens is 230 g/mol. The minimum Gasteiger partial charge on any atom is -0.478 e. The summed E-state index contributed by atoms with van der Waals surface area (Å²) in [5.74, 6) is -0.731. The average molecular weight is 243 g/mol. The van der Waals surface area contributed by atoms with Crippen LogP contribution in [0.15, 0.2) is 11.6 Å². The molecule has 0 aromatic heterocycles. The highest BCUT2D eigenvalue weighted by Gasteiger charge is 2.25. The molecule has 0 aromatic carbocycles. The fraction of sp³-hybridized carbons (Fsp3) is 0.500. The van der Waals surface area contributed by atoms with Crippen LogP contribution in [0.3, 0.4) is 0 Å². The van der Waals surface area contributed by atoms with Gasteiger partial charge in [-0.3, -0.25) is 14.5 Å². The van der Waals surface area contributed by atoms with E-state index in [1.807, 2.05) is 0 Å². The summed E-state index contributed by atoms with van der Waals surface area (Å²) >= 11 is 1.09. The van der Waals surface area contributed by atoms with Crippen molar-refractivity contribution < 1.29 is 19.5 Å². The van der Waals surface area contributed by atoms with Gasteiger partial charge < -0.3 is 5.11 Å². The monoisotopic (exact) mass is 243 g/mol. The van der Waals surface area contributed by atoms with Crippen molar-refractivity contribution in [1.29, 1.82) is 0 Å². The summed E-state index contributed by atoms with van der Waals surface area (Å²) in [6.07, 6.45) is 2.13. The van der Waals surface area contributed by atoms with E-state index in [4.69, 9.17) is 5.11 Å². The Hall–Kier alpha value is -1.30. The fourth-order valence-electron chi connectivity index (χ4n) is 1.30. The zero-order chi connectivity index (χ0) is 12.1. The number of rotatable bonds is 4. The number of aliphatic carboxylic acids is 1. The van der Waals surface area contributed by atoms with Gasteiger partial charge in [0, 0.05) is 24.3 Å². The Morgan fingerprint density at radius 2 is 2.25 bits per heavy atom. The van der Waals surface area contributed by atoms with Gasteiger partial charge in [0.15, 0.2) is 0 Å². The molecule has 1 N–H and O–H groups in total. The third kappa shape index (κ3) is 3.10. The first kappa shape index (κ1) is 12.8. The molecule has 5 nitrogen and oxygen atoms in total. The third-order valence-electron chi connectivity index (χ3n) is 2.24. The number of carbonyl (C=O) groups excluding carboxylic acids is 2. The molecule has 0 spiro atoms. The van der Waals surface area contributed by atoms with E-state index < -0.39 is 5.97 Å². The molecule has 1 aliphatic heterocycles. The highest BCUT2D eigenvalue weighted by Crippen LogP contribution is 2.18. The van der Waals surface area contributed by atoms with Crippen molar-refractivity contribution in [1.82, 2.24) is 4.90 Å². The molecule has 1 aliphatic rings. The number of carbonyl (C=O) groups is 3. The molecule has 88 valence electrons. The van der Waals surface area contributed by atoms with Crippen LogP contribution in [-0.4, -0.2) is 39.4 Å². The van der Waals surface area contributed by atoms with Crippen LogP contribution in [0.1, 0.15) is 19.8 Å². The van der Waals surface area contributed by atoms with Crippen LogP contribution in [0.2, 0.25) is 0 Å². The van der Waals surface area contributed by atoms with E-state index in [0.717, 1.165) is 16.7 Å². The normalized spacial score (nSPS) is 17.8. The van der Waals surface area contributed by atoms with Crippen molar-refractivity contribution in [2.24, 2.45) is 0 Å². The van der Waals surface area contributed by atoms with Crippen LogP contribution in [0.4, 0.5) is 4.79 Å². The Morgan fingerprint density at radius 1 is 1.56 bits per heavy atom. The van der Waals surface area contributed by atoms with Gasteiger partial charge in [-0.1, -0.05) is 24.8 Å². The highest BCUT2D eigenvalue weighted by molar-refractivity contribution is 8.13. The van der Waals surface area contributed by atoms with Crippen LogP contribution in [0.5, 0.6) is 0 Å². The number of carboxylic acid groups (broad SMARTS) is 1.